The van der Waals surface area contributed by atoms with Crippen molar-refractivity contribution in [3.63, 3.8) is 0 Å². The number of carbonyl (C=O) groups is 1. The molecule has 1 aliphatic carbocycles. The van der Waals surface area contributed by atoms with Crippen LogP contribution in [0.3, 0.4) is 0 Å². The number of sulfone groups is 1. The van der Waals surface area contributed by atoms with E-state index < -0.39 is 21.5 Å². The quantitative estimate of drug-likeness (QED) is 0.638. The van der Waals surface area contributed by atoms with E-state index in [0.29, 0.717) is 22.2 Å². The van der Waals surface area contributed by atoms with Crippen molar-refractivity contribution in [2.24, 2.45) is 0 Å². The van der Waals surface area contributed by atoms with Gasteiger partial charge < -0.3 is 5.32 Å². The van der Waals surface area contributed by atoms with E-state index in [1.165, 1.54) is 0 Å². The molecular formula is C15H17BrN4O3S2. The molecule has 0 aliphatic heterocycles. The molecular weight excluding hydrogens is 428 g/mol. The first kappa shape index (κ1) is 18.3. The minimum atomic E-state index is -3.55. The minimum absolute atomic E-state index is 0.148. The molecule has 1 aromatic carbocycles. The first-order chi connectivity index (χ1) is 11.8. The van der Waals surface area contributed by atoms with Gasteiger partial charge >= 0.3 is 0 Å². The number of amides is 1. The van der Waals surface area contributed by atoms with Crippen molar-refractivity contribution in [3.8, 4) is 0 Å². The third kappa shape index (κ3) is 4.99. The second-order valence-electron chi connectivity index (χ2n) is 5.99. The average molecular weight is 445 g/mol. The molecule has 2 aromatic rings. The van der Waals surface area contributed by atoms with Crippen molar-refractivity contribution < 1.29 is 13.2 Å². The zero-order chi connectivity index (χ0) is 18.0. The molecule has 3 rings (SSSR count). The summed E-state index contributed by atoms with van der Waals surface area (Å²) in [4.78, 5) is 12.0. The highest BCUT2D eigenvalue weighted by atomic mass is 79.9. The molecule has 1 fully saturated rings. The Balaban J connectivity index is 1.57. The lowest BCUT2D eigenvalue weighted by atomic mass is 10.2. The van der Waals surface area contributed by atoms with Crippen molar-refractivity contribution in [1.29, 1.82) is 0 Å². The molecule has 1 heterocycles. The lowest BCUT2D eigenvalue weighted by Gasteiger charge is -2.08. The van der Waals surface area contributed by atoms with Crippen LogP contribution < -0.4 is 5.32 Å². The number of benzene rings is 1. The molecule has 2 N–H and O–H groups in total. The summed E-state index contributed by atoms with van der Waals surface area (Å²) in [6, 6.07) is 7.35. The number of carbonyl (C=O) groups excluding carboxylic acids is 1. The molecule has 1 aromatic heterocycles. The minimum Gasteiger partial charge on any atom is -0.348 e. The Morgan fingerprint density at radius 3 is 2.88 bits per heavy atom. The molecule has 1 saturated carbocycles. The maximum Gasteiger partial charge on any atom is 0.235 e. The molecule has 0 unspecified atom stereocenters. The molecule has 0 radical (unpaired) electrons. The van der Waals surface area contributed by atoms with Crippen LogP contribution in [-0.2, 0) is 26.9 Å². The SMILES string of the molecule is O=C(CS(=O)(=O)Cc1cccc(Br)c1)NCc1n[nH]c(=S)n1C1CC1. The van der Waals surface area contributed by atoms with E-state index in [1.807, 2.05) is 10.6 Å². The van der Waals surface area contributed by atoms with E-state index in [2.05, 4.69) is 31.4 Å². The lowest BCUT2D eigenvalue weighted by molar-refractivity contribution is -0.118. The van der Waals surface area contributed by atoms with Crippen LogP contribution in [0.15, 0.2) is 28.7 Å². The zero-order valence-electron chi connectivity index (χ0n) is 13.2. The summed E-state index contributed by atoms with van der Waals surface area (Å²) in [5.74, 6) is -0.675. The second kappa shape index (κ2) is 7.38. The number of halogens is 1. The number of aromatic amines is 1. The predicted octanol–water partition coefficient (Wildman–Crippen LogP) is 2.27. The highest BCUT2D eigenvalue weighted by Gasteiger charge is 2.27. The summed E-state index contributed by atoms with van der Waals surface area (Å²) in [6.45, 7) is 0.148. The van der Waals surface area contributed by atoms with Crippen LogP contribution >= 0.6 is 28.1 Å². The normalized spacial score (nSPS) is 14.4. The van der Waals surface area contributed by atoms with E-state index in [9.17, 15) is 13.2 Å². The van der Waals surface area contributed by atoms with Gasteiger partial charge in [0.15, 0.2) is 20.4 Å². The van der Waals surface area contributed by atoms with Gasteiger partial charge in [0, 0.05) is 10.5 Å². The van der Waals surface area contributed by atoms with Gasteiger partial charge in [0.25, 0.3) is 0 Å². The van der Waals surface area contributed by atoms with Gasteiger partial charge in [-0.25, -0.2) is 8.42 Å². The van der Waals surface area contributed by atoms with Crippen molar-refractivity contribution in [2.75, 3.05) is 5.75 Å². The number of nitrogens with one attached hydrogen (secondary N) is 2. The molecule has 1 amide bonds. The first-order valence-electron chi connectivity index (χ1n) is 7.71. The highest BCUT2D eigenvalue weighted by molar-refractivity contribution is 9.10. The number of H-pyrrole nitrogens is 1. The standard InChI is InChI=1S/C15H17BrN4O3S2/c16-11-3-1-2-10(6-11)8-25(22,23)9-14(21)17-7-13-18-19-15(24)20(13)12-4-5-12/h1-3,6,12H,4-5,7-9H2,(H,17,21)(H,19,24). The Morgan fingerprint density at radius 2 is 2.20 bits per heavy atom. The first-order valence-corrected chi connectivity index (χ1v) is 10.7. The van der Waals surface area contributed by atoms with Gasteiger partial charge in [-0.2, -0.15) is 5.10 Å². The molecule has 1 aliphatic rings. The monoisotopic (exact) mass is 444 g/mol. The van der Waals surface area contributed by atoms with E-state index in [4.69, 9.17) is 12.2 Å². The van der Waals surface area contributed by atoms with Gasteiger partial charge in [0.1, 0.15) is 5.75 Å². The van der Waals surface area contributed by atoms with Gasteiger partial charge in [-0.1, -0.05) is 28.1 Å². The largest absolute Gasteiger partial charge is 0.348 e. The third-order valence-electron chi connectivity index (χ3n) is 3.76. The second-order valence-corrected chi connectivity index (χ2v) is 9.35. The lowest BCUT2D eigenvalue weighted by Crippen LogP contribution is -2.31. The van der Waals surface area contributed by atoms with Crippen molar-refractivity contribution in [3.05, 3.63) is 44.9 Å². The number of aromatic nitrogens is 3. The van der Waals surface area contributed by atoms with Crippen LogP contribution in [-0.4, -0.2) is 34.8 Å². The van der Waals surface area contributed by atoms with Crippen LogP contribution in [0.5, 0.6) is 0 Å². The molecule has 0 saturated heterocycles. The fraction of sp³-hybridized carbons (Fsp3) is 0.400. The van der Waals surface area contributed by atoms with Crippen LogP contribution in [0.2, 0.25) is 0 Å². The fourth-order valence-electron chi connectivity index (χ4n) is 2.53. The Labute approximate surface area is 158 Å². The smallest absolute Gasteiger partial charge is 0.235 e. The van der Waals surface area contributed by atoms with Gasteiger partial charge in [-0.15, -0.1) is 0 Å². The van der Waals surface area contributed by atoms with Crippen molar-refractivity contribution in [1.82, 2.24) is 20.1 Å². The number of hydrogen-bond donors (Lipinski definition) is 2. The summed E-state index contributed by atoms with van der Waals surface area (Å²) in [6.07, 6.45) is 2.08. The summed E-state index contributed by atoms with van der Waals surface area (Å²) < 4.78 is 27.6. The third-order valence-corrected chi connectivity index (χ3v) is 6.02. The highest BCUT2D eigenvalue weighted by Crippen LogP contribution is 2.35. The molecule has 0 atom stereocenters. The van der Waals surface area contributed by atoms with Crippen LogP contribution in [0.1, 0.15) is 30.3 Å². The Hall–Kier alpha value is -1.52. The fourth-order valence-corrected chi connectivity index (χ4v) is 4.57. The van der Waals surface area contributed by atoms with Gasteiger partial charge in [0.05, 0.1) is 12.3 Å². The summed E-state index contributed by atoms with van der Waals surface area (Å²) >= 11 is 8.47. The van der Waals surface area contributed by atoms with E-state index in [1.54, 1.807) is 18.2 Å². The van der Waals surface area contributed by atoms with E-state index >= 15 is 0 Å². The summed E-state index contributed by atoms with van der Waals surface area (Å²) in [7, 11) is -3.55. The number of hydrogen-bond acceptors (Lipinski definition) is 5. The zero-order valence-corrected chi connectivity index (χ0v) is 16.5. The Bertz CT molecular complexity index is 948. The van der Waals surface area contributed by atoms with Gasteiger partial charge in [-0.3, -0.25) is 14.5 Å². The van der Waals surface area contributed by atoms with Crippen LogP contribution in [0.25, 0.3) is 0 Å². The van der Waals surface area contributed by atoms with Crippen LogP contribution in [0.4, 0.5) is 0 Å². The molecule has 0 bridgehead atoms. The van der Waals surface area contributed by atoms with Gasteiger partial charge in [0.2, 0.25) is 5.91 Å². The molecule has 134 valence electrons. The van der Waals surface area contributed by atoms with E-state index in [-0.39, 0.29) is 12.3 Å². The molecule has 25 heavy (non-hydrogen) atoms. The number of rotatable bonds is 7. The molecule has 10 heteroatoms. The van der Waals surface area contributed by atoms with Crippen LogP contribution in [0, 0.1) is 4.77 Å². The van der Waals surface area contributed by atoms with Crippen molar-refractivity contribution in [2.45, 2.75) is 31.2 Å². The Kier molecular flexibility index (Phi) is 5.40. The summed E-state index contributed by atoms with van der Waals surface area (Å²) in [5, 5.41) is 9.42. The molecule has 0 spiro atoms. The van der Waals surface area contributed by atoms with E-state index in [0.717, 1.165) is 17.3 Å². The van der Waals surface area contributed by atoms with Crippen molar-refractivity contribution >= 4 is 43.9 Å². The maximum absolute atomic E-state index is 12.2. The average Bonchev–Trinajstić information content (AvgIpc) is 3.27. The number of nitrogens with zero attached hydrogens (tertiary/aromatic N) is 2. The predicted molar refractivity (Wildman–Crippen MR) is 99.2 cm³/mol. The maximum atomic E-state index is 12.2. The summed E-state index contributed by atoms with van der Waals surface area (Å²) in [5.41, 5.74) is 0.636. The van der Waals surface area contributed by atoms with Gasteiger partial charge in [-0.05, 0) is 42.8 Å². The molecule has 7 nitrogen and oxygen atoms in total. The topological polar surface area (TPSA) is 96.8 Å². The Morgan fingerprint density at radius 1 is 1.44 bits per heavy atom.